The highest BCUT2D eigenvalue weighted by Gasteiger charge is 2.29. The van der Waals surface area contributed by atoms with E-state index in [4.69, 9.17) is 10.8 Å². The summed E-state index contributed by atoms with van der Waals surface area (Å²) in [5.41, 5.74) is 6.30. The Morgan fingerprint density at radius 2 is 2.00 bits per heavy atom. The zero-order chi connectivity index (χ0) is 15.8. The van der Waals surface area contributed by atoms with Crippen molar-refractivity contribution in [1.82, 2.24) is 0 Å². The van der Waals surface area contributed by atoms with Gasteiger partial charge in [-0.3, -0.25) is 14.4 Å². The van der Waals surface area contributed by atoms with Gasteiger partial charge in [0.15, 0.2) is 0 Å². The third-order valence-electron chi connectivity index (χ3n) is 3.04. The minimum absolute atomic E-state index is 0.0856. The fourth-order valence-electron chi connectivity index (χ4n) is 1.82. The molecule has 1 aliphatic heterocycles. The third kappa shape index (κ3) is 5.74. The molecular weight excluding hydrogens is 274 g/mol. The standard InChI is InChI=1S/C9H11NO2.C6H8O3/c10-8(9(11)12)6-7-4-2-1-3-5-7;1-4(7)5-2-3-9-6(5)8/h1-5,8H,6,10H2,(H,11,12);5H,2-3H2,1H3. The van der Waals surface area contributed by atoms with Gasteiger partial charge in [-0.05, 0) is 18.9 Å². The summed E-state index contributed by atoms with van der Waals surface area (Å²) in [7, 11) is 0. The van der Waals surface area contributed by atoms with E-state index in [-0.39, 0.29) is 11.8 Å². The number of cyclic esters (lactones) is 1. The van der Waals surface area contributed by atoms with Crippen molar-refractivity contribution in [2.24, 2.45) is 11.7 Å². The van der Waals surface area contributed by atoms with Crippen molar-refractivity contribution in [2.45, 2.75) is 25.8 Å². The Morgan fingerprint density at radius 3 is 2.38 bits per heavy atom. The van der Waals surface area contributed by atoms with Gasteiger partial charge in [-0.15, -0.1) is 0 Å². The third-order valence-corrected chi connectivity index (χ3v) is 3.04. The predicted molar refractivity (Wildman–Crippen MR) is 75.5 cm³/mol. The number of carbonyl (C=O) groups excluding carboxylic acids is 2. The predicted octanol–water partition coefficient (Wildman–Crippen LogP) is 0.779. The Hall–Kier alpha value is -2.21. The Morgan fingerprint density at radius 1 is 1.38 bits per heavy atom. The highest BCUT2D eigenvalue weighted by molar-refractivity contribution is 5.98. The van der Waals surface area contributed by atoms with Crippen LogP contribution in [0.3, 0.4) is 0 Å². The smallest absolute Gasteiger partial charge is 0.320 e. The van der Waals surface area contributed by atoms with Crippen molar-refractivity contribution < 1.29 is 24.2 Å². The van der Waals surface area contributed by atoms with Crippen LogP contribution in [-0.2, 0) is 25.5 Å². The monoisotopic (exact) mass is 293 g/mol. The number of ketones is 1. The number of rotatable bonds is 4. The molecule has 0 saturated carbocycles. The summed E-state index contributed by atoms with van der Waals surface area (Å²) in [6.07, 6.45) is 0.949. The second kappa shape index (κ2) is 8.16. The van der Waals surface area contributed by atoms with E-state index in [1.54, 1.807) is 0 Å². The summed E-state index contributed by atoms with van der Waals surface area (Å²) in [6.45, 7) is 1.82. The first kappa shape index (κ1) is 16.8. The molecule has 1 saturated heterocycles. The van der Waals surface area contributed by atoms with Gasteiger partial charge in [0.2, 0.25) is 0 Å². The lowest BCUT2D eigenvalue weighted by Gasteiger charge is -2.04. The molecule has 0 radical (unpaired) electrons. The molecule has 0 spiro atoms. The highest BCUT2D eigenvalue weighted by Crippen LogP contribution is 2.14. The number of ether oxygens (including phenoxy) is 1. The van der Waals surface area contributed by atoms with E-state index in [9.17, 15) is 14.4 Å². The Balaban J connectivity index is 0.000000219. The zero-order valence-corrected chi connectivity index (χ0v) is 11.8. The summed E-state index contributed by atoms with van der Waals surface area (Å²) in [6, 6.07) is 8.54. The summed E-state index contributed by atoms with van der Waals surface area (Å²) in [5, 5.41) is 8.52. The van der Waals surface area contributed by atoms with Crippen LogP contribution < -0.4 is 5.73 Å². The lowest BCUT2D eigenvalue weighted by atomic mass is 10.1. The van der Waals surface area contributed by atoms with Gasteiger partial charge < -0.3 is 15.6 Å². The maximum atomic E-state index is 10.6. The molecule has 0 aliphatic carbocycles. The zero-order valence-electron chi connectivity index (χ0n) is 11.8. The average molecular weight is 293 g/mol. The van der Waals surface area contributed by atoms with Crippen LogP contribution in [0.5, 0.6) is 0 Å². The molecule has 0 amide bonds. The molecule has 0 bridgehead atoms. The molecule has 6 nitrogen and oxygen atoms in total. The molecule has 0 aromatic heterocycles. The first-order chi connectivity index (χ1) is 9.91. The second-order valence-corrected chi connectivity index (χ2v) is 4.75. The van der Waals surface area contributed by atoms with Gasteiger partial charge >= 0.3 is 11.9 Å². The molecule has 2 unspecified atom stereocenters. The molecule has 2 atom stereocenters. The molecule has 6 heteroatoms. The molecule has 21 heavy (non-hydrogen) atoms. The number of hydrogen-bond donors (Lipinski definition) is 2. The minimum Gasteiger partial charge on any atom is -0.480 e. The van der Waals surface area contributed by atoms with Crippen LogP contribution >= 0.6 is 0 Å². The second-order valence-electron chi connectivity index (χ2n) is 4.75. The Labute approximate surface area is 122 Å². The number of benzene rings is 1. The van der Waals surface area contributed by atoms with Gasteiger partial charge in [-0.1, -0.05) is 30.3 Å². The first-order valence-electron chi connectivity index (χ1n) is 6.61. The maximum Gasteiger partial charge on any atom is 0.320 e. The minimum atomic E-state index is -0.959. The molecule has 1 aliphatic rings. The Kier molecular flexibility index (Phi) is 6.55. The summed E-state index contributed by atoms with van der Waals surface area (Å²) >= 11 is 0. The number of carboxylic acid groups (broad SMARTS) is 1. The van der Waals surface area contributed by atoms with Gasteiger partial charge in [-0.25, -0.2) is 0 Å². The lowest BCUT2D eigenvalue weighted by molar-refractivity contribution is -0.144. The maximum absolute atomic E-state index is 10.6. The van der Waals surface area contributed by atoms with Gasteiger partial charge in [0.1, 0.15) is 17.7 Å². The number of carboxylic acids is 1. The number of esters is 1. The average Bonchev–Trinajstić information content (AvgIpc) is 2.87. The lowest BCUT2D eigenvalue weighted by Crippen LogP contribution is -2.32. The van der Waals surface area contributed by atoms with E-state index in [1.807, 2.05) is 30.3 Å². The molecule has 2 rings (SSSR count). The molecule has 1 aromatic rings. The van der Waals surface area contributed by atoms with Gasteiger partial charge in [0.25, 0.3) is 0 Å². The van der Waals surface area contributed by atoms with Crippen LogP contribution in [-0.4, -0.2) is 35.5 Å². The number of aliphatic carboxylic acids is 1. The largest absolute Gasteiger partial charge is 0.480 e. The number of carbonyl (C=O) groups is 3. The van der Waals surface area contributed by atoms with Crippen LogP contribution in [0, 0.1) is 5.92 Å². The summed E-state index contributed by atoms with van der Waals surface area (Å²) in [5.74, 6) is -1.87. The molecule has 3 N–H and O–H groups in total. The van der Waals surface area contributed by atoms with E-state index in [0.29, 0.717) is 19.4 Å². The van der Waals surface area contributed by atoms with Crippen LogP contribution in [0.25, 0.3) is 0 Å². The molecule has 1 heterocycles. The fraction of sp³-hybridized carbons (Fsp3) is 0.400. The molecule has 1 fully saturated rings. The van der Waals surface area contributed by atoms with Crippen molar-refractivity contribution in [3.8, 4) is 0 Å². The SMILES string of the molecule is CC(=O)C1CCOC1=O.NC(Cc1ccccc1)C(=O)O. The van der Waals surface area contributed by atoms with Gasteiger partial charge in [0.05, 0.1) is 6.61 Å². The van der Waals surface area contributed by atoms with Crippen molar-refractivity contribution in [1.29, 1.82) is 0 Å². The molecule has 114 valence electrons. The van der Waals surface area contributed by atoms with E-state index in [2.05, 4.69) is 4.74 Å². The van der Waals surface area contributed by atoms with Crippen LogP contribution in [0.2, 0.25) is 0 Å². The van der Waals surface area contributed by atoms with E-state index >= 15 is 0 Å². The van der Waals surface area contributed by atoms with Crippen molar-refractivity contribution in [2.75, 3.05) is 6.61 Å². The van der Waals surface area contributed by atoms with Crippen molar-refractivity contribution >= 4 is 17.7 Å². The van der Waals surface area contributed by atoms with E-state index in [1.165, 1.54) is 6.92 Å². The van der Waals surface area contributed by atoms with E-state index in [0.717, 1.165) is 5.56 Å². The van der Waals surface area contributed by atoms with Crippen molar-refractivity contribution in [3.63, 3.8) is 0 Å². The van der Waals surface area contributed by atoms with Gasteiger partial charge in [-0.2, -0.15) is 0 Å². The highest BCUT2D eigenvalue weighted by atomic mass is 16.5. The van der Waals surface area contributed by atoms with E-state index < -0.39 is 17.9 Å². The summed E-state index contributed by atoms with van der Waals surface area (Å²) in [4.78, 5) is 31.5. The number of nitrogens with two attached hydrogens (primary N) is 1. The Bertz CT molecular complexity index is 500. The topological polar surface area (TPSA) is 107 Å². The normalized spacial score (nSPS) is 18.2. The van der Waals surface area contributed by atoms with Crippen LogP contribution in [0.15, 0.2) is 30.3 Å². The molecular formula is C15H19NO5. The quantitative estimate of drug-likeness (QED) is 0.627. The van der Waals surface area contributed by atoms with Crippen LogP contribution in [0.1, 0.15) is 18.9 Å². The van der Waals surface area contributed by atoms with Crippen LogP contribution in [0.4, 0.5) is 0 Å². The van der Waals surface area contributed by atoms with Gasteiger partial charge in [0, 0.05) is 6.42 Å². The van der Waals surface area contributed by atoms with Crippen molar-refractivity contribution in [3.05, 3.63) is 35.9 Å². The summed E-state index contributed by atoms with van der Waals surface area (Å²) < 4.78 is 4.57. The number of Topliss-reactive ketones (excluding diaryl/α,β-unsaturated/α-hetero) is 1. The fourth-order valence-corrected chi connectivity index (χ4v) is 1.82. The molecule has 1 aromatic carbocycles. The first-order valence-corrected chi connectivity index (χ1v) is 6.61. The number of hydrogen-bond acceptors (Lipinski definition) is 5.